The number of carbonyl (C=O) groups is 1. The second-order valence-electron chi connectivity index (χ2n) is 3.83. The fourth-order valence-electron chi connectivity index (χ4n) is 1.35. The van der Waals surface area contributed by atoms with Gasteiger partial charge in [-0.05, 0) is 5.56 Å². The van der Waals surface area contributed by atoms with Crippen molar-refractivity contribution in [2.75, 3.05) is 6.61 Å². The molecule has 5 nitrogen and oxygen atoms in total. The number of aliphatic hydroxyl groups excluding tert-OH is 1. The molecule has 0 heterocycles. The summed E-state index contributed by atoms with van der Waals surface area (Å²) < 4.78 is 5.26. The minimum absolute atomic E-state index is 0.00980. The fourth-order valence-corrected chi connectivity index (χ4v) is 1.35. The molecule has 1 rings (SSSR count). The van der Waals surface area contributed by atoms with E-state index < -0.39 is 18.1 Å². The lowest BCUT2D eigenvalue weighted by Crippen LogP contribution is -2.35. The standard InChI is InChI=1S/C12H17NO4/c13-11(12(15)16)6-10(14)8-17-7-9-4-2-1-3-5-9/h1-5,10-11,14H,6-8,13H2,(H,15,16)/t10?,11-/m0/s1. The molecule has 1 aromatic carbocycles. The van der Waals surface area contributed by atoms with E-state index in [9.17, 15) is 9.90 Å². The highest BCUT2D eigenvalue weighted by molar-refractivity contribution is 5.73. The van der Waals surface area contributed by atoms with Crippen molar-refractivity contribution in [1.82, 2.24) is 0 Å². The number of hydrogen-bond acceptors (Lipinski definition) is 4. The Labute approximate surface area is 99.8 Å². The largest absolute Gasteiger partial charge is 0.480 e. The molecule has 0 bridgehead atoms. The van der Waals surface area contributed by atoms with E-state index in [-0.39, 0.29) is 13.0 Å². The van der Waals surface area contributed by atoms with Crippen molar-refractivity contribution < 1.29 is 19.7 Å². The summed E-state index contributed by atoms with van der Waals surface area (Å²) >= 11 is 0. The Morgan fingerprint density at radius 2 is 2.00 bits per heavy atom. The summed E-state index contributed by atoms with van der Waals surface area (Å²) in [7, 11) is 0. The number of hydrogen-bond donors (Lipinski definition) is 3. The smallest absolute Gasteiger partial charge is 0.320 e. The van der Waals surface area contributed by atoms with Crippen LogP contribution >= 0.6 is 0 Å². The molecule has 0 radical (unpaired) electrons. The van der Waals surface area contributed by atoms with E-state index in [2.05, 4.69) is 0 Å². The summed E-state index contributed by atoms with van der Waals surface area (Å²) in [5.74, 6) is -1.12. The van der Waals surface area contributed by atoms with E-state index in [0.717, 1.165) is 5.56 Å². The SMILES string of the molecule is N[C@@H](CC(O)COCc1ccccc1)C(=O)O. The summed E-state index contributed by atoms with van der Waals surface area (Å²) in [5, 5.41) is 18.0. The Morgan fingerprint density at radius 1 is 1.35 bits per heavy atom. The van der Waals surface area contributed by atoms with Crippen molar-refractivity contribution >= 4 is 5.97 Å². The number of ether oxygens (including phenoxy) is 1. The predicted octanol–water partition coefficient (Wildman–Crippen LogP) is 0.366. The molecule has 94 valence electrons. The number of nitrogens with two attached hydrogens (primary N) is 1. The van der Waals surface area contributed by atoms with Crippen molar-refractivity contribution in [3.05, 3.63) is 35.9 Å². The number of carboxylic acids is 1. The summed E-state index contributed by atoms with van der Waals surface area (Å²) in [4.78, 5) is 10.5. The minimum atomic E-state index is -1.12. The molecule has 0 saturated carbocycles. The van der Waals surface area contributed by atoms with Crippen LogP contribution in [0.15, 0.2) is 30.3 Å². The average Bonchev–Trinajstić information content (AvgIpc) is 2.30. The highest BCUT2D eigenvalue weighted by Crippen LogP contribution is 2.03. The molecule has 4 N–H and O–H groups in total. The van der Waals surface area contributed by atoms with Gasteiger partial charge in [-0.3, -0.25) is 4.79 Å². The molecular formula is C12H17NO4. The minimum Gasteiger partial charge on any atom is -0.480 e. The number of benzene rings is 1. The first-order chi connectivity index (χ1) is 8.09. The molecule has 0 amide bonds. The third-order valence-corrected chi connectivity index (χ3v) is 2.26. The molecular weight excluding hydrogens is 222 g/mol. The summed E-state index contributed by atoms with van der Waals surface area (Å²) in [6.07, 6.45) is -0.866. The van der Waals surface area contributed by atoms with Crippen molar-refractivity contribution in [1.29, 1.82) is 0 Å². The molecule has 1 unspecified atom stereocenters. The molecule has 0 aromatic heterocycles. The van der Waals surface area contributed by atoms with Crippen molar-refractivity contribution in [3.8, 4) is 0 Å². The van der Waals surface area contributed by atoms with Gasteiger partial charge in [0.1, 0.15) is 6.04 Å². The van der Waals surface area contributed by atoms with Crippen LogP contribution in [0.1, 0.15) is 12.0 Å². The van der Waals surface area contributed by atoms with Gasteiger partial charge in [-0.2, -0.15) is 0 Å². The van der Waals surface area contributed by atoms with Crippen LogP contribution in [0.2, 0.25) is 0 Å². The van der Waals surface area contributed by atoms with E-state index in [1.807, 2.05) is 30.3 Å². The Kier molecular flexibility index (Phi) is 5.62. The number of rotatable bonds is 7. The van der Waals surface area contributed by atoms with E-state index in [0.29, 0.717) is 6.61 Å². The van der Waals surface area contributed by atoms with Crippen molar-refractivity contribution in [3.63, 3.8) is 0 Å². The Morgan fingerprint density at radius 3 is 2.59 bits per heavy atom. The molecule has 0 aliphatic heterocycles. The van der Waals surface area contributed by atoms with Gasteiger partial charge in [0.05, 0.1) is 19.3 Å². The van der Waals surface area contributed by atoms with Gasteiger partial charge in [-0.1, -0.05) is 30.3 Å². The average molecular weight is 239 g/mol. The highest BCUT2D eigenvalue weighted by atomic mass is 16.5. The van der Waals surface area contributed by atoms with E-state index in [1.165, 1.54) is 0 Å². The molecule has 0 spiro atoms. The summed E-state index contributed by atoms with van der Waals surface area (Å²) in [5.41, 5.74) is 6.29. The lowest BCUT2D eigenvalue weighted by molar-refractivity contribution is -0.139. The molecule has 0 aliphatic carbocycles. The Hall–Kier alpha value is -1.43. The Balaban J connectivity index is 2.20. The topological polar surface area (TPSA) is 92.8 Å². The lowest BCUT2D eigenvalue weighted by Gasteiger charge is -2.13. The van der Waals surface area contributed by atoms with Gasteiger partial charge in [-0.25, -0.2) is 0 Å². The maximum Gasteiger partial charge on any atom is 0.320 e. The zero-order valence-corrected chi connectivity index (χ0v) is 9.45. The third kappa shape index (κ3) is 5.44. The molecule has 17 heavy (non-hydrogen) atoms. The van der Waals surface area contributed by atoms with Crippen LogP contribution in [-0.2, 0) is 16.1 Å². The number of aliphatic hydroxyl groups is 1. The molecule has 0 aliphatic rings. The van der Waals surface area contributed by atoms with E-state index >= 15 is 0 Å². The molecule has 1 aromatic rings. The van der Waals surface area contributed by atoms with Crippen LogP contribution in [0.3, 0.4) is 0 Å². The third-order valence-electron chi connectivity index (χ3n) is 2.26. The van der Waals surface area contributed by atoms with Gasteiger partial charge in [0.2, 0.25) is 0 Å². The molecule has 0 fully saturated rings. The maximum atomic E-state index is 10.5. The first kappa shape index (κ1) is 13.6. The molecule has 0 saturated heterocycles. The van der Waals surface area contributed by atoms with Crippen LogP contribution in [0.25, 0.3) is 0 Å². The number of aliphatic carboxylic acids is 1. The summed E-state index contributed by atoms with van der Waals surface area (Å²) in [6, 6.07) is 8.48. The van der Waals surface area contributed by atoms with Crippen molar-refractivity contribution in [2.45, 2.75) is 25.2 Å². The van der Waals surface area contributed by atoms with Crippen LogP contribution < -0.4 is 5.73 Å². The maximum absolute atomic E-state index is 10.5. The van der Waals surface area contributed by atoms with Crippen LogP contribution in [0, 0.1) is 0 Å². The molecule has 5 heteroatoms. The lowest BCUT2D eigenvalue weighted by atomic mass is 10.1. The van der Waals surface area contributed by atoms with E-state index in [4.69, 9.17) is 15.6 Å². The second kappa shape index (κ2) is 7.01. The van der Waals surface area contributed by atoms with Crippen LogP contribution in [-0.4, -0.2) is 34.9 Å². The van der Waals surface area contributed by atoms with Gasteiger partial charge in [0.25, 0.3) is 0 Å². The van der Waals surface area contributed by atoms with E-state index in [1.54, 1.807) is 0 Å². The predicted molar refractivity (Wildman–Crippen MR) is 62.3 cm³/mol. The van der Waals surface area contributed by atoms with Gasteiger partial charge in [0.15, 0.2) is 0 Å². The van der Waals surface area contributed by atoms with Crippen molar-refractivity contribution in [2.24, 2.45) is 5.73 Å². The van der Waals surface area contributed by atoms with Gasteiger partial charge in [-0.15, -0.1) is 0 Å². The second-order valence-corrected chi connectivity index (χ2v) is 3.83. The summed E-state index contributed by atoms with van der Waals surface area (Å²) in [6.45, 7) is 0.468. The fraction of sp³-hybridized carbons (Fsp3) is 0.417. The Bertz CT molecular complexity index is 342. The highest BCUT2D eigenvalue weighted by Gasteiger charge is 2.16. The normalized spacial score (nSPS) is 14.2. The van der Waals surface area contributed by atoms with Gasteiger partial charge < -0.3 is 20.7 Å². The van der Waals surface area contributed by atoms with Crippen LogP contribution in [0.5, 0.6) is 0 Å². The quantitative estimate of drug-likeness (QED) is 0.639. The first-order valence-electron chi connectivity index (χ1n) is 5.37. The van der Waals surface area contributed by atoms with Gasteiger partial charge >= 0.3 is 5.97 Å². The van der Waals surface area contributed by atoms with Gasteiger partial charge in [0, 0.05) is 6.42 Å². The molecule has 2 atom stereocenters. The zero-order chi connectivity index (χ0) is 12.7. The first-order valence-corrected chi connectivity index (χ1v) is 5.37. The monoisotopic (exact) mass is 239 g/mol. The number of carboxylic acid groups (broad SMARTS) is 1. The zero-order valence-electron chi connectivity index (χ0n) is 9.45. The van der Waals surface area contributed by atoms with Crippen LogP contribution in [0.4, 0.5) is 0 Å².